The van der Waals surface area contributed by atoms with E-state index in [0.717, 1.165) is 19.5 Å². The third kappa shape index (κ3) is 3.47. The van der Waals surface area contributed by atoms with Crippen molar-refractivity contribution in [1.29, 1.82) is 0 Å². The minimum atomic E-state index is -0.346. The summed E-state index contributed by atoms with van der Waals surface area (Å²) in [6, 6.07) is 1.64. The molecule has 0 bridgehead atoms. The maximum absolute atomic E-state index is 12.5. The van der Waals surface area contributed by atoms with Crippen LogP contribution in [0.1, 0.15) is 29.3 Å². The van der Waals surface area contributed by atoms with Gasteiger partial charge in [-0.3, -0.25) is 4.79 Å². The number of nitrogens with one attached hydrogen (secondary N) is 1. The first-order valence-electron chi connectivity index (χ1n) is 7.53. The Balaban J connectivity index is 2.19. The quantitative estimate of drug-likeness (QED) is 0.871. The summed E-state index contributed by atoms with van der Waals surface area (Å²) < 4.78 is 5.21. The first-order valence-corrected chi connectivity index (χ1v) is 7.90. The lowest BCUT2D eigenvalue weighted by Crippen LogP contribution is -2.31. The lowest BCUT2D eigenvalue weighted by Gasteiger charge is -2.16. The molecule has 1 aliphatic rings. The van der Waals surface area contributed by atoms with Crippen molar-refractivity contribution in [1.82, 2.24) is 10.2 Å². The van der Waals surface area contributed by atoms with Crippen LogP contribution in [0.4, 0.5) is 0 Å². The van der Waals surface area contributed by atoms with E-state index in [0.29, 0.717) is 29.5 Å². The Bertz CT molecular complexity index is 563. The fourth-order valence-corrected chi connectivity index (χ4v) is 3.18. The average Bonchev–Trinajstić information content (AvgIpc) is 2.91. The molecule has 1 fully saturated rings. The van der Waals surface area contributed by atoms with Crippen LogP contribution in [0.25, 0.3) is 0 Å². The van der Waals surface area contributed by atoms with Crippen LogP contribution in [0.5, 0.6) is 11.5 Å². The Morgan fingerprint density at radius 2 is 2.32 bits per heavy atom. The van der Waals surface area contributed by atoms with Crippen LogP contribution < -0.4 is 10.1 Å². The molecule has 0 spiro atoms. The monoisotopic (exact) mass is 326 g/mol. The number of amides is 1. The van der Waals surface area contributed by atoms with E-state index >= 15 is 0 Å². The molecule has 0 radical (unpaired) electrons. The third-order valence-corrected chi connectivity index (χ3v) is 4.42. The summed E-state index contributed by atoms with van der Waals surface area (Å²) >= 11 is 6.15. The molecule has 2 rings (SSSR count). The largest absolute Gasteiger partial charge is 0.507 e. The first-order chi connectivity index (χ1) is 10.5. The number of methoxy groups -OCH3 is 1. The maximum Gasteiger partial charge on any atom is 0.258 e. The van der Waals surface area contributed by atoms with Gasteiger partial charge in [0.1, 0.15) is 11.3 Å². The van der Waals surface area contributed by atoms with Gasteiger partial charge in [0, 0.05) is 13.1 Å². The van der Waals surface area contributed by atoms with Gasteiger partial charge in [-0.2, -0.15) is 0 Å². The normalized spacial score (nSPS) is 18.5. The van der Waals surface area contributed by atoms with E-state index in [-0.39, 0.29) is 23.0 Å². The molecule has 0 aromatic heterocycles. The van der Waals surface area contributed by atoms with Gasteiger partial charge >= 0.3 is 0 Å². The average molecular weight is 327 g/mol. The molecule has 1 heterocycles. The number of likely N-dealkylation sites (tertiary alicyclic amines) is 1. The highest BCUT2D eigenvalue weighted by molar-refractivity contribution is 6.33. The molecule has 0 saturated carbocycles. The summed E-state index contributed by atoms with van der Waals surface area (Å²) in [5, 5.41) is 13.5. The van der Waals surface area contributed by atoms with Crippen molar-refractivity contribution in [3.05, 3.63) is 22.2 Å². The van der Waals surface area contributed by atoms with E-state index in [9.17, 15) is 9.90 Å². The summed E-state index contributed by atoms with van der Waals surface area (Å²) in [5.74, 6) is 0.259. The summed E-state index contributed by atoms with van der Waals surface area (Å²) in [7, 11) is 3.51. The molecule has 1 saturated heterocycles. The Kier molecular flexibility index (Phi) is 5.53. The second kappa shape index (κ2) is 7.20. The van der Waals surface area contributed by atoms with Gasteiger partial charge in [-0.05, 0) is 44.0 Å². The number of phenolic OH excluding ortho intramolecular Hbond substituents is 1. The van der Waals surface area contributed by atoms with Crippen molar-refractivity contribution >= 4 is 17.5 Å². The molecule has 1 atom stereocenters. The number of halogens is 1. The molecule has 1 unspecified atom stereocenters. The Morgan fingerprint density at radius 3 is 2.86 bits per heavy atom. The molecule has 22 heavy (non-hydrogen) atoms. The third-order valence-electron chi connectivity index (χ3n) is 4.14. The van der Waals surface area contributed by atoms with Crippen LogP contribution in [0.15, 0.2) is 6.07 Å². The zero-order valence-corrected chi connectivity index (χ0v) is 14.0. The first kappa shape index (κ1) is 16.9. The number of carbonyl (C=O) groups excluding carboxylic acids is 1. The summed E-state index contributed by atoms with van der Waals surface area (Å²) in [4.78, 5) is 14.7. The van der Waals surface area contributed by atoms with Crippen LogP contribution >= 0.6 is 11.6 Å². The summed E-state index contributed by atoms with van der Waals surface area (Å²) in [5.41, 5.74) is 0.759. The second-order valence-corrected chi connectivity index (χ2v) is 6.16. The van der Waals surface area contributed by atoms with Crippen molar-refractivity contribution in [2.45, 2.75) is 19.8 Å². The molecule has 122 valence electrons. The number of hydrogen-bond donors (Lipinski definition) is 2. The second-order valence-electron chi connectivity index (χ2n) is 5.75. The SMILES string of the molecule is CCc1cc(Cl)c(OC)c(C(=O)NCC2CCN(C)C2)c1O. The van der Waals surface area contributed by atoms with Crippen LogP contribution in [0.2, 0.25) is 5.02 Å². The highest BCUT2D eigenvalue weighted by Crippen LogP contribution is 2.38. The number of aromatic hydroxyl groups is 1. The maximum atomic E-state index is 12.5. The van der Waals surface area contributed by atoms with Crippen LogP contribution in [0, 0.1) is 5.92 Å². The zero-order chi connectivity index (χ0) is 16.3. The highest BCUT2D eigenvalue weighted by atomic mass is 35.5. The van der Waals surface area contributed by atoms with Gasteiger partial charge in [0.15, 0.2) is 5.75 Å². The van der Waals surface area contributed by atoms with Crippen LogP contribution in [-0.4, -0.2) is 49.7 Å². The van der Waals surface area contributed by atoms with Gasteiger partial charge in [-0.1, -0.05) is 18.5 Å². The molecular formula is C16H23ClN2O3. The van der Waals surface area contributed by atoms with Crippen molar-refractivity contribution in [3.8, 4) is 11.5 Å². The van der Waals surface area contributed by atoms with Gasteiger partial charge in [0.25, 0.3) is 5.91 Å². The van der Waals surface area contributed by atoms with Gasteiger partial charge in [-0.15, -0.1) is 0 Å². The molecule has 1 aromatic rings. The number of ether oxygens (including phenoxy) is 1. The summed E-state index contributed by atoms with van der Waals surface area (Å²) in [6.45, 7) is 4.50. The lowest BCUT2D eigenvalue weighted by atomic mass is 10.0. The number of phenols is 1. The van der Waals surface area contributed by atoms with Crippen molar-refractivity contribution in [3.63, 3.8) is 0 Å². The van der Waals surface area contributed by atoms with Crippen molar-refractivity contribution in [2.24, 2.45) is 5.92 Å². The van der Waals surface area contributed by atoms with Gasteiger partial charge in [0.2, 0.25) is 0 Å². The molecule has 1 aromatic carbocycles. The Hall–Kier alpha value is -1.46. The smallest absolute Gasteiger partial charge is 0.258 e. The number of carbonyl (C=O) groups is 1. The lowest BCUT2D eigenvalue weighted by molar-refractivity contribution is 0.0941. The van der Waals surface area contributed by atoms with Crippen molar-refractivity contribution in [2.75, 3.05) is 33.8 Å². The minimum Gasteiger partial charge on any atom is -0.507 e. The van der Waals surface area contributed by atoms with E-state index in [1.54, 1.807) is 6.07 Å². The molecule has 2 N–H and O–H groups in total. The molecule has 5 nitrogen and oxygen atoms in total. The predicted molar refractivity (Wildman–Crippen MR) is 87.0 cm³/mol. The highest BCUT2D eigenvalue weighted by Gasteiger charge is 2.25. The Labute approximate surface area is 136 Å². The number of hydrogen-bond acceptors (Lipinski definition) is 4. The zero-order valence-electron chi connectivity index (χ0n) is 13.3. The standard InChI is InChI=1S/C16H23ClN2O3/c1-4-11-7-12(17)15(22-3)13(14(11)20)16(21)18-8-10-5-6-19(2)9-10/h7,10,20H,4-6,8-9H2,1-3H3,(H,18,21). The number of nitrogens with zero attached hydrogens (tertiary/aromatic N) is 1. The Morgan fingerprint density at radius 1 is 1.59 bits per heavy atom. The number of aryl methyl sites for hydroxylation is 1. The van der Waals surface area contributed by atoms with E-state index in [1.807, 2.05) is 6.92 Å². The molecular weight excluding hydrogens is 304 g/mol. The number of benzene rings is 1. The molecule has 1 aliphatic heterocycles. The fourth-order valence-electron chi connectivity index (χ4n) is 2.87. The molecule has 6 heteroatoms. The van der Waals surface area contributed by atoms with Gasteiger partial charge in [0.05, 0.1) is 12.1 Å². The summed E-state index contributed by atoms with van der Waals surface area (Å²) in [6.07, 6.45) is 1.65. The van der Waals surface area contributed by atoms with E-state index < -0.39 is 0 Å². The van der Waals surface area contributed by atoms with Gasteiger partial charge in [-0.25, -0.2) is 0 Å². The van der Waals surface area contributed by atoms with Crippen LogP contribution in [-0.2, 0) is 6.42 Å². The molecule has 1 amide bonds. The minimum absolute atomic E-state index is 0.0511. The number of rotatable bonds is 5. The van der Waals surface area contributed by atoms with Crippen molar-refractivity contribution < 1.29 is 14.6 Å². The van der Waals surface area contributed by atoms with E-state index in [4.69, 9.17) is 16.3 Å². The fraction of sp³-hybridized carbons (Fsp3) is 0.562. The van der Waals surface area contributed by atoms with Crippen LogP contribution in [0.3, 0.4) is 0 Å². The molecule has 0 aliphatic carbocycles. The van der Waals surface area contributed by atoms with Gasteiger partial charge < -0.3 is 20.1 Å². The predicted octanol–water partition coefficient (Wildman–Crippen LogP) is 2.30. The van der Waals surface area contributed by atoms with E-state index in [2.05, 4.69) is 17.3 Å². The van der Waals surface area contributed by atoms with E-state index in [1.165, 1.54) is 7.11 Å². The topological polar surface area (TPSA) is 61.8 Å².